The molecule has 0 saturated heterocycles. The Bertz CT molecular complexity index is 884. The zero-order valence-corrected chi connectivity index (χ0v) is 19.3. The number of carbonyl (C=O) groups excluding carboxylic acids is 1. The van der Waals surface area contributed by atoms with Gasteiger partial charge in [0.25, 0.3) is 0 Å². The summed E-state index contributed by atoms with van der Waals surface area (Å²) in [6.07, 6.45) is 2.46. The van der Waals surface area contributed by atoms with Crippen molar-refractivity contribution in [3.05, 3.63) is 34.9 Å². The van der Waals surface area contributed by atoms with E-state index in [1.807, 2.05) is 13.0 Å². The van der Waals surface area contributed by atoms with E-state index in [0.29, 0.717) is 17.1 Å². The minimum absolute atomic E-state index is 0.0399. The third kappa shape index (κ3) is 2.68. The highest BCUT2D eigenvalue weighted by molar-refractivity contribution is 5.88. The van der Waals surface area contributed by atoms with Crippen LogP contribution < -0.4 is 0 Å². The van der Waals surface area contributed by atoms with Crippen molar-refractivity contribution in [1.29, 1.82) is 0 Å². The zero-order valence-electron chi connectivity index (χ0n) is 19.3. The SMILES string of the molecule is C/C=C(\C)C(=O)O[C@H]1C(C)=C[C@]23C(O)[C@@H](C=C(CO)[C@@H](O)[C@]12O)[C@H]1[C@@H](C[C@H]3C)C1(C)C. The first-order valence-corrected chi connectivity index (χ1v) is 11.3. The van der Waals surface area contributed by atoms with Crippen LogP contribution in [0.25, 0.3) is 0 Å². The number of ether oxygens (including phenoxy) is 1. The molecule has 0 aromatic rings. The molecule has 4 aliphatic rings. The van der Waals surface area contributed by atoms with Gasteiger partial charge in [0.05, 0.1) is 18.1 Å². The van der Waals surface area contributed by atoms with Gasteiger partial charge >= 0.3 is 5.97 Å². The number of carbonyl (C=O) groups is 1. The van der Waals surface area contributed by atoms with Crippen LogP contribution in [0.1, 0.15) is 48.0 Å². The van der Waals surface area contributed by atoms with E-state index in [9.17, 15) is 25.2 Å². The molecule has 4 rings (SSSR count). The van der Waals surface area contributed by atoms with Gasteiger partial charge in [-0.3, -0.25) is 0 Å². The Kier molecular flexibility index (Phi) is 5.14. The third-order valence-corrected chi connectivity index (χ3v) is 9.14. The maximum atomic E-state index is 12.6. The fourth-order valence-corrected chi connectivity index (χ4v) is 7.22. The van der Waals surface area contributed by atoms with Crippen molar-refractivity contribution in [1.82, 2.24) is 0 Å². The van der Waals surface area contributed by atoms with Crippen molar-refractivity contribution in [2.45, 2.75) is 71.9 Å². The maximum absolute atomic E-state index is 12.6. The molecular weight excluding hydrogens is 396 g/mol. The lowest BCUT2D eigenvalue weighted by Crippen LogP contribution is -2.66. The lowest BCUT2D eigenvalue weighted by Gasteiger charge is -2.52. The number of fused-ring (bicyclic) bond motifs is 3. The van der Waals surface area contributed by atoms with Crippen molar-refractivity contribution in [2.75, 3.05) is 6.61 Å². The molecule has 9 atom stereocenters. The van der Waals surface area contributed by atoms with Crippen molar-refractivity contribution in [3.63, 3.8) is 0 Å². The van der Waals surface area contributed by atoms with Crippen molar-refractivity contribution < 1.29 is 30.0 Å². The van der Waals surface area contributed by atoms with Gasteiger partial charge in [-0.25, -0.2) is 4.79 Å². The number of allylic oxidation sites excluding steroid dienone is 1. The van der Waals surface area contributed by atoms with Crippen molar-refractivity contribution >= 4 is 5.97 Å². The Morgan fingerprint density at radius 1 is 1.32 bits per heavy atom. The Hall–Kier alpha value is -1.47. The predicted molar refractivity (Wildman–Crippen MR) is 116 cm³/mol. The van der Waals surface area contributed by atoms with E-state index >= 15 is 0 Å². The summed E-state index contributed by atoms with van der Waals surface area (Å²) in [7, 11) is 0. The minimum Gasteiger partial charge on any atom is -0.451 e. The topological polar surface area (TPSA) is 107 Å². The van der Waals surface area contributed by atoms with Crippen molar-refractivity contribution in [2.24, 2.45) is 34.5 Å². The van der Waals surface area contributed by atoms with Gasteiger partial charge in [0.15, 0.2) is 6.10 Å². The van der Waals surface area contributed by atoms with E-state index in [4.69, 9.17) is 4.74 Å². The first-order valence-electron chi connectivity index (χ1n) is 11.3. The summed E-state index contributed by atoms with van der Waals surface area (Å²) < 4.78 is 5.76. The molecule has 0 amide bonds. The van der Waals surface area contributed by atoms with E-state index in [2.05, 4.69) is 13.8 Å². The van der Waals surface area contributed by atoms with Crippen LogP contribution >= 0.6 is 0 Å². The summed E-state index contributed by atoms with van der Waals surface area (Å²) in [5.74, 6) is -0.493. The first kappa shape index (κ1) is 22.7. The zero-order chi connectivity index (χ0) is 23.1. The second-order valence-corrected chi connectivity index (χ2v) is 10.8. The Morgan fingerprint density at radius 2 is 1.97 bits per heavy atom. The molecule has 0 heterocycles. The fraction of sp³-hybridized carbons (Fsp3) is 0.720. The molecule has 2 fully saturated rings. The lowest BCUT2D eigenvalue weighted by molar-refractivity contribution is -0.223. The second kappa shape index (κ2) is 7.01. The van der Waals surface area contributed by atoms with Crippen LogP contribution in [0, 0.1) is 34.5 Å². The van der Waals surface area contributed by atoms with E-state index in [1.54, 1.807) is 32.9 Å². The van der Waals surface area contributed by atoms with Crippen LogP contribution in [-0.4, -0.2) is 56.9 Å². The van der Waals surface area contributed by atoms with E-state index in [-0.39, 0.29) is 28.7 Å². The van der Waals surface area contributed by atoms with Crippen LogP contribution in [0.5, 0.6) is 0 Å². The summed E-state index contributed by atoms with van der Waals surface area (Å²) in [5, 5.41) is 45.7. The molecule has 1 spiro atoms. The summed E-state index contributed by atoms with van der Waals surface area (Å²) in [5.41, 5.74) is -1.86. The monoisotopic (exact) mass is 432 g/mol. The summed E-state index contributed by atoms with van der Waals surface area (Å²) in [6, 6.07) is 0. The van der Waals surface area contributed by atoms with Gasteiger partial charge in [0, 0.05) is 11.5 Å². The van der Waals surface area contributed by atoms with Gasteiger partial charge < -0.3 is 25.2 Å². The summed E-state index contributed by atoms with van der Waals surface area (Å²) >= 11 is 0. The average molecular weight is 433 g/mol. The largest absolute Gasteiger partial charge is 0.451 e. The van der Waals surface area contributed by atoms with Crippen LogP contribution in [0.4, 0.5) is 0 Å². The Balaban J connectivity index is 1.90. The number of esters is 1. The quantitative estimate of drug-likeness (QED) is 0.309. The van der Waals surface area contributed by atoms with Crippen LogP contribution in [-0.2, 0) is 9.53 Å². The molecule has 2 saturated carbocycles. The highest BCUT2D eigenvalue weighted by Crippen LogP contribution is 2.72. The lowest BCUT2D eigenvalue weighted by atomic mass is 9.58. The molecule has 2 bridgehead atoms. The average Bonchev–Trinajstić information content (AvgIpc) is 3.21. The maximum Gasteiger partial charge on any atom is 0.334 e. The molecule has 4 aliphatic carbocycles. The summed E-state index contributed by atoms with van der Waals surface area (Å²) in [6.45, 7) is 11.1. The molecular formula is C25H36O6. The Morgan fingerprint density at radius 3 is 2.55 bits per heavy atom. The molecule has 31 heavy (non-hydrogen) atoms. The van der Waals surface area contributed by atoms with Crippen LogP contribution in [0.3, 0.4) is 0 Å². The number of hydrogen-bond donors (Lipinski definition) is 4. The standard InChI is InChI=1S/C25H36O6/c1-7-12(2)22(29)31-21-13(3)10-24-14(4)8-17-18(23(17,5)6)16(20(24)28)9-15(11-26)19(27)25(21,24)30/h7,9-10,14,16-21,26-28,30H,8,11H2,1-6H3/b12-7+/t14-,16+,17-,18+,19-,20?,21+,24+,25+/m1/s1. The van der Waals surface area contributed by atoms with Gasteiger partial charge in [0.1, 0.15) is 11.7 Å². The molecule has 0 aromatic carbocycles. The molecule has 172 valence electrons. The van der Waals surface area contributed by atoms with Crippen molar-refractivity contribution in [3.8, 4) is 0 Å². The molecule has 1 unspecified atom stereocenters. The van der Waals surface area contributed by atoms with Gasteiger partial charge in [-0.2, -0.15) is 0 Å². The smallest absolute Gasteiger partial charge is 0.334 e. The fourth-order valence-electron chi connectivity index (χ4n) is 7.22. The van der Waals surface area contributed by atoms with E-state index in [0.717, 1.165) is 6.42 Å². The first-order chi connectivity index (χ1) is 14.4. The third-order valence-electron chi connectivity index (χ3n) is 9.14. The van der Waals surface area contributed by atoms with Crippen LogP contribution in [0.15, 0.2) is 34.9 Å². The number of aliphatic hydroxyl groups is 4. The van der Waals surface area contributed by atoms with Gasteiger partial charge in [-0.1, -0.05) is 39.0 Å². The number of aliphatic hydroxyl groups excluding tert-OH is 3. The summed E-state index contributed by atoms with van der Waals surface area (Å²) in [4.78, 5) is 12.6. The number of rotatable bonds is 3. The van der Waals surface area contributed by atoms with Gasteiger partial charge in [-0.15, -0.1) is 0 Å². The van der Waals surface area contributed by atoms with E-state index in [1.165, 1.54) is 0 Å². The molecule has 0 radical (unpaired) electrons. The molecule has 0 aromatic heterocycles. The molecule has 4 N–H and O–H groups in total. The normalized spacial score (nSPS) is 47.9. The van der Waals surface area contributed by atoms with Crippen LogP contribution in [0.2, 0.25) is 0 Å². The molecule has 6 nitrogen and oxygen atoms in total. The highest BCUT2D eigenvalue weighted by atomic mass is 16.6. The molecule has 6 heteroatoms. The van der Waals surface area contributed by atoms with E-state index < -0.39 is 41.9 Å². The predicted octanol–water partition coefficient (Wildman–Crippen LogP) is 2.12. The molecule has 0 aliphatic heterocycles. The minimum atomic E-state index is -1.98. The van der Waals surface area contributed by atoms with Gasteiger partial charge in [-0.05, 0) is 61.5 Å². The Labute approximate surface area is 184 Å². The highest BCUT2D eigenvalue weighted by Gasteiger charge is 2.76. The number of hydrogen-bond acceptors (Lipinski definition) is 6. The second-order valence-electron chi connectivity index (χ2n) is 10.8. The van der Waals surface area contributed by atoms with Gasteiger partial charge in [0.2, 0.25) is 0 Å².